The first-order valence-electron chi connectivity index (χ1n) is 12.7. The zero-order chi connectivity index (χ0) is 29.8. The Balaban J connectivity index is 1.94. The summed E-state index contributed by atoms with van der Waals surface area (Å²) >= 11 is 0.915. The minimum atomic E-state index is -1.09. The average molecular weight is 579 g/mol. The smallest absolute Gasteiger partial charge is 0.350 e. The minimum absolute atomic E-state index is 0.00318. The molecule has 3 aromatic rings. The van der Waals surface area contributed by atoms with E-state index in [0.717, 1.165) is 11.3 Å². The molecule has 1 aromatic heterocycles. The minimum Gasteiger partial charge on any atom is -0.507 e. The Morgan fingerprint density at radius 1 is 1.12 bits per heavy atom. The summed E-state index contributed by atoms with van der Waals surface area (Å²) in [7, 11) is 3.00. The molecule has 0 radical (unpaired) electrons. The maximum absolute atomic E-state index is 13.6. The second kappa shape index (κ2) is 12.3. The van der Waals surface area contributed by atoms with Gasteiger partial charge in [-0.15, -0.1) is 0 Å². The number of aromatic nitrogens is 1. The highest BCUT2D eigenvalue weighted by Gasteiger charge is 2.48. The van der Waals surface area contributed by atoms with Crippen molar-refractivity contribution in [2.45, 2.75) is 26.8 Å². The van der Waals surface area contributed by atoms with Crippen molar-refractivity contribution in [3.63, 3.8) is 0 Å². The molecule has 1 aliphatic heterocycles. The molecule has 2 heterocycles. The summed E-state index contributed by atoms with van der Waals surface area (Å²) in [5.41, 5.74) is 1.64. The molecule has 1 fully saturated rings. The predicted octanol–water partition coefficient (Wildman–Crippen LogP) is 5.14. The number of amides is 1. The summed E-state index contributed by atoms with van der Waals surface area (Å²) in [5.74, 6) is -1.38. The van der Waals surface area contributed by atoms with E-state index in [-0.39, 0.29) is 27.9 Å². The molecule has 2 aromatic carbocycles. The number of rotatable bonds is 10. The lowest BCUT2D eigenvalue weighted by Crippen LogP contribution is -2.29. The van der Waals surface area contributed by atoms with Crippen LogP contribution in [0.25, 0.3) is 5.76 Å². The van der Waals surface area contributed by atoms with Crippen molar-refractivity contribution in [3.05, 3.63) is 81.9 Å². The van der Waals surface area contributed by atoms with Crippen molar-refractivity contribution in [1.82, 2.24) is 4.98 Å². The molecule has 1 amide bonds. The van der Waals surface area contributed by atoms with E-state index in [4.69, 9.17) is 18.9 Å². The number of Topliss-reactive ketones (excluding diaryl/α,β-unsaturated/α-hetero) is 1. The molecule has 4 rings (SSSR count). The number of nitrogens with zero attached hydrogens (tertiary/aromatic N) is 2. The topological polar surface area (TPSA) is 124 Å². The maximum atomic E-state index is 13.6. The Labute approximate surface area is 241 Å². The van der Waals surface area contributed by atoms with E-state index in [2.05, 4.69) is 11.6 Å². The normalized spacial score (nSPS) is 16.0. The number of aryl methyl sites for hydroxylation is 2. The third-order valence-corrected chi connectivity index (χ3v) is 7.58. The number of aliphatic hydroxyl groups excluding tert-OH is 1. The zero-order valence-electron chi connectivity index (χ0n) is 23.3. The highest BCUT2D eigenvalue weighted by Crippen LogP contribution is 2.46. The molecular weight excluding hydrogens is 548 g/mol. The third-order valence-electron chi connectivity index (χ3n) is 6.45. The first-order valence-corrected chi connectivity index (χ1v) is 13.5. The Kier molecular flexibility index (Phi) is 8.77. The summed E-state index contributed by atoms with van der Waals surface area (Å²) in [5, 5.41) is 11.6. The largest absolute Gasteiger partial charge is 0.507 e. The molecule has 41 heavy (non-hydrogen) atoms. The lowest BCUT2D eigenvalue weighted by Gasteiger charge is -2.24. The number of benzene rings is 2. The van der Waals surface area contributed by atoms with E-state index in [9.17, 15) is 19.5 Å². The van der Waals surface area contributed by atoms with E-state index in [1.54, 1.807) is 50.2 Å². The number of esters is 1. The SMILES string of the molecule is C=CCOC(=O)c1sc(N2C(=O)C(=O)/C(=C(/O)c3ccc(OC)cc3C)C2c2ccc(OCC)c(OC)c2)nc1C. The quantitative estimate of drug-likeness (QED) is 0.114. The predicted molar refractivity (Wildman–Crippen MR) is 154 cm³/mol. The van der Waals surface area contributed by atoms with Crippen LogP contribution >= 0.6 is 11.3 Å². The van der Waals surface area contributed by atoms with Gasteiger partial charge in [-0.2, -0.15) is 0 Å². The van der Waals surface area contributed by atoms with Crippen molar-refractivity contribution in [2.75, 3.05) is 32.3 Å². The number of thiazole rings is 1. The monoisotopic (exact) mass is 578 g/mol. The molecule has 0 spiro atoms. The second-order valence-electron chi connectivity index (χ2n) is 8.99. The first kappa shape index (κ1) is 29.3. The van der Waals surface area contributed by atoms with Crippen molar-refractivity contribution in [2.24, 2.45) is 0 Å². The highest BCUT2D eigenvalue weighted by molar-refractivity contribution is 7.17. The van der Waals surface area contributed by atoms with Crippen molar-refractivity contribution in [3.8, 4) is 17.2 Å². The summed E-state index contributed by atoms with van der Waals surface area (Å²) in [6.45, 7) is 9.14. The lowest BCUT2D eigenvalue weighted by atomic mass is 9.93. The molecule has 214 valence electrons. The Morgan fingerprint density at radius 2 is 1.88 bits per heavy atom. The van der Waals surface area contributed by atoms with Gasteiger partial charge in [0.15, 0.2) is 16.6 Å². The van der Waals surface area contributed by atoms with E-state index < -0.39 is 23.7 Å². The van der Waals surface area contributed by atoms with Crippen LogP contribution in [-0.4, -0.2) is 55.2 Å². The van der Waals surface area contributed by atoms with Crippen LogP contribution in [0.5, 0.6) is 17.2 Å². The fourth-order valence-electron chi connectivity index (χ4n) is 4.52. The van der Waals surface area contributed by atoms with Gasteiger partial charge in [-0.25, -0.2) is 9.78 Å². The third kappa shape index (κ3) is 5.53. The summed E-state index contributed by atoms with van der Waals surface area (Å²) in [6.07, 6.45) is 1.44. The molecule has 10 nitrogen and oxygen atoms in total. The summed E-state index contributed by atoms with van der Waals surface area (Å²) in [6, 6.07) is 8.89. The number of anilines is 1. The first-order chi connectivity index (χ1) is 19.7. The number of hydrogen-bond donors (Lipinski definition) is 1. The Morgan fingerprint density at radius 3 is 2.51 bits per heavy atom. The Bertz CT molecular complexity index is 1560. The van der Waals surface area contributed by atoms with Gasteiger partial charge in [-0.1, -0.05) is 30.1 Å². The van der Waals surface area contributed by atoms with Crippen molar-refractivity contribution < 1.29 is 38.4 Å². The van der Waals surface area contributed by atoms with Crippen LogP contribution in [0, 0.1) is 13.8 Å². The molecule has 0 saturated carbocycles. The van der Waals surface area contributed by atoms with Gasteiger partial charge in [0, 0.05) is 5.56 Å². The van der Waals surface area contributed by atoms with Gasteiger partial charge in [0.2, 0.25) is 0 Å². The van der Waals surface area contributed by atoms with Crippen molar-refractivity contribution >= 4 is 39.9 Å². The average Bonchev–Trinajstić information content (AvgIpc) is 3.47. The van der Waals surface area contributed by atoms with Crippen LogP contribution in [0.2, 0.25) is 0 Å². The highest BCUT2D eigenvalue weighted by atomic mass is 32.1. The molecular formula is C30H30N2O8S. The van der Waals surface area contributed by atoms with Gasteiger partial charge in [0.05, 0.1) is 38.1 Å². The number of aliphatic hydroxyl groups is 1. The fraction of sp³-hybridized carbons (Fsp3) is 0.267. The number of hydrogen-bond acceptors (Lipinski definition) is 10. The van der Waals surface area contributed by atoms with Gasteiger partial charge < -0.3 is 24.1 Å². The fourth-order valence-corrected chi connectivity index (χ4v) is 5.51. The molecule has 1 N–H and O–H groups in total. The molecule has 1 atom stereocenters. The van der Waals surface area contributed by atoms with Gasteiger partial charge in [0.1, 0.15) is 23.0 Å². The number of ether oxygens (including phenoxy) is 4. The number of ketones is 1. The van der Waals surface area contributed by atoms with Crippen LogP contribution in [0.15, 0.2) is 54.6 Å². The van der Waals surface area contributed by atoms with E-state index in [0.29, 0.717) is 46.2 Å². The van der Waals surface area contributed by atoms with Crippen LogP contribution in [0.1, 0.15) is 45.0 Å². The van der Waals surface area contributed by atoms with Gasteiger partial charge in [0.25, 0.3) is 5.78 Å². The van der Waals surface area contributed by atoms with E-state index >= 15 is 0 Å². The number of methoxy groups -OCH3 is 2. The van der Waals surface area contributed by atoms with Crippen molar-refractivity contribution in [1.29, 1.82) is 0 Å². The van der Waals surface area contributed by atoms with Crippen LogP contribution in [-0.2, 0) is 14.3 Å². The number of carbonyl (C=O) groups is 3. The molecule has 11 heteroatoms. The van der Waals surface area contributed by atoms with Gasteiger partial charge in [-0.3, -0.25) is 14.5 Å². The van der Waals surface area contributed by atoms with Gasteiger partial charge in [-0.05, 0) is 62.2 Å². The van der Waals surface area contributed by atoms with E-state index in [1.165, 1.54) is 25.2 Å². The molecule has 1 unspecified atom stereocenters. The number of carbonyl (C=O) groups excluding carboxylic acids is 3. The van der Waals surface area contributed by atoms with Crippen LogP contribution in [0.3, 0.4) is 0 Å². The van der Waals surface area contributed by atoms with Crippen LogP contribution in [0.4, 0.5) is 5.13 Å². The van der Waals surface area contributed by atoms with E-state index in [1.807, 2.05) is 6.92 Å². The molecule has 0 bridgehead atoms. The second-order valence-corrected chi connectivity index (χ2v) is 9.97. The lowest BCUT2D eigenvalue weighted by molar-refractivity contribution is -0.132. The maximum Gasteiger partial charge on any atom is 0.350 e. The summed E-state index contributed by atoms with van der Waals surface area (Å²) < 4.78 is 21.6. The van der Waals surface area contributed by atoms with Gasteiger partial charge >= 0.3 is 11.9 Å². The molecule has 1 aliphatic rings. The zero-order valence-corrected chi connectivity index (χ0v) is 24.2. The molecule has 0 aliphatic carbocycles. The summed E-state index contributed by atoms with van der Waals surface area (Å²) in [4.78, 5) is 45.6. The van der Waals surface area contributed by atoms with Crippen LogP contribution < -0.4 is 19.1 Å². The standard InChI is InChI=1S/C30H30N2O8S/c1-7-13-40-29(36)27-17(4)31-30(41-27)32-24(18-9-12-21(39-8-2)22(15-18)38-6)23(26(34)28(32)35)25(33)20-11-10-19(37-5)14-16(20)3/h7,9-12,14-15,24,33H,1,8,13H2,2-6H3/b25-23+. The Hall–Kier alpha value is -4.64. The molecule has 1 saturated heterocycles.